The zero-order valence-corrected chi connectivity index (χ0v) is 26.5. The van der Waals surface area contributed by atoms with Crippen molar-refractivity contribution < 1.29 is 19.3 Å². The van der Waals surface area contributed by atoms with Crippen LogP contribution in [0.3, 0.4) is 0 Å². The van der Waals surface area contributed by atoms with Crippen molar-refractivity contribution in [3.8, 4) is 51.0 Å². The molecular weight excluding hydrogens is 544 g/mol. The molecule has 1 N–H and O–H groups in total. The van der Waals surface area contributed by atoms with Gasteiger partial charge in [0.15, 0.2) is 0 Å². The first kappa shape index (κ1) is 28.3. The van der Waals surface area contributed by atoms with Gasteiger partial charge in [0, 0.05) is 28.0 Å². The summed E-state index contributed by atoms with van der Waals surface area (Å²) in [5.74, 6) is 3.09. The van der Waals surface area contributed by atoms with Crippen molar-refractivity contribution >= 4 is 10.8 Å². The highest BCUT2D eigenvalue weighted by Crippen LogP contribution is 2.65. The number of hydrogen-bond donors (Lipinski definition) is 1. The van der Waals surface area contributed by atoms with Crippen molar-refractivity contribution in [2.75, 3.05) is 14.2 Å². The Labute approximate surface area is 260 Å². The quantitative estimate of drug-likeness (QED) is 0.223. The van der Waals surface area contributed by atoms with E-state index in [1.54, 1.807) is 14.2 Å². The molecule has 4 nitrogen and oxygen atoms in total. The van der Waals surface area contributed by atoms with Gasteiger partial charge in [-0.3, -0.25) is 0 Å². The lowest BCUT2D eigenvalue weighted by Crippen LogP contribution is -2.43. The van der Waals surface area contributed by atoms with Crippen LogP contribution < -0.4 is 14.2 Å². The first-order valence-electron chi connectivity index (χ1n) is 15.4. The molecule has 0 unspecified atom stereocenters. The van der Waals surface area contributed by atoms with Gasteiger partial charge in [-0.15, -0.1) is 0 Å². The van der Waals surface area contributed by atoms with E-state index in [1.807, 2.05) is 48.5 Å². The Balaban J connectivity index is 1.54. The van der Waals surface area contributed by atoms with Crippen LogP contribution in [0.4, 0.5) is 0 Å². The van der Waals surface area contributed by atoms with Crippen molar-refractivity contribution in [3.63, 3.8) is 0 Å². The average Bonchev–Trinajstić information content (AvgIpc) is 3.23. The Morgan fingerprint density at radius 1 is 0.568 bits per heavy atom. The zero-order valence-electron chi connectivity index (χ0n) is 26.5. The van der Waals surface area contributed by atoms with Crippen molar-refractivity contribution in [1.29, 1.82) is 0 Å². The van der Waals surface area contributed by atoms with Gasteiger partial charge in [0.25, 0.3) is 0 Å². The molecule has 224 valence electrons. The Hall–Kier alpha value is -4.44. The number of phenols is 1. The fourth-order valence-corrected chi connectivity index (χ4v) is 8.79. The van der Waals surface area contributed by atoms with E-state index in [1.165, 1.54) is 28.7 Å². The number of para-hydroxylation sites is 1. The number of fused-ring (bicyclic) bond motifs is 7. The predicted octanol–water partition coefficient (Wildman–Crippen LogP) is 10.5. The maximum Gasteiger partial charge on any atom is 0.136 e. The smallest absolute Gasteiger partial charge is 0.136 e. The molecule has 5 aromatic rings. The average molecular weight is 585 g/mol. The van der Waals surface area contributed by atoms with E-state index >= 15 is 0 Å². The molecule has 1 saturated carbocycles. The van der Waals surface area contributed by atoms with Gasteiger partial charge >= 0.3 is 0 Å². The highest BCUT2D eigenvalue weighted by Gasteiger charge is 2.53. The van der Waals surface area contributed by atoms with Crippen LogP contribution >= 0.6 is 0 Å². The largest absolute Gasteiger partial charge is 0.507 e. The number of phenolic OH excluding ortho intramolecular Hbond substituents is 1. The maximum atomic E-state index is 11.9. The van der Waals surface area contributed by atoms with E-state index in [0.717, 1.165) is 40.5 Å². The van der Waals surface area contributed by atoms with E-state index in [2.05, 4.69) is 70.2 Å². The molecular formula is C40H40O4. The minimum atomic E-state index is -0.179. The lowest BCUT2D eigenvalue weighted by atomic mass is 9.52. The Morgan fingerprint density at radius 3 is 1.98 bits per heavy atom. The minimum absolute atomic E-state index is 0.150. The van der Waals surface area contributed by atoms with Gasteiger partial charge in [-0.2, -0.15) is 0 Å². The third-order valence-corrected chi connectivity index (χ3v) is 9.63. The van der Waals surface area contributed by atoms with Gasteiger partial charge in [0.2, 0.25) is 0 Å². The number of benzene rings is 5. The molecule has 0 heterocycles. The molecule has 7 rings (SSSR count). The van der Waals surface area contributed by atoms with E-state index in [4.69, 9.17) is 14.2 Å². The SMILES string of the molecule is COc1ccc(-c2cc3c(O)cc4c(c3cc2Oc2ccccc2)-c2ccccc2C42CC(C)(C)CC(C)(C)C2)c(OC)c1. The second kappa shape index (κ2) is 10.1. The molecule has 2 aliphatic carbocycles. The molecule has 44 heavy (non-hydrogen) atoms. The van der Waals surface area contributed by atoms with Gasteiger partial charge in [-0.1, -0.05) is 70.2 Å². The fourth-order valence-electron chi connectivity index (χ4n) is 8.79. The van der Waals surface area contributed by atoms with Crippen molar-refractivity contribution in [1.82, 2.24) is 0 Å². The molecule has 0 aliphatic heterocycles. The lowest BCUT2D eigenvalue weighted by Gasteiger charge is -2.51. The van der Waals surface area contributed by atoms with Crippen LogP contribution in [0.1, 0.15) is 58.1 Å². The molecule has 0 amide bonds. The van der Waals surface area contributed by atoms with E-state index < -0.39 is 0 Å². The van der Waals surface area contributed by atoms with Crippen molar-refractivity contribution in [2.24, 2.45) is 10.8 Å². The van der Waals surface area contributed by atoms with Crippen LogP contribution in [-0.2, 0) is 5.41 Å². The third kappa shape index (κ3) is 4.51. The molecule has 0 atom stereocenters. The number of ether oxygens (including phenoxy) is 3. The standard InChI is InChI=1S/C40H40O4/c1-38(2)22-39(3,4)24-40(23-38)32-15-11-10-14-28(32)37-31-20-36(44-25-12-8-7-9-13-25)30(19-29(31)34(41)21-33(37)40)27-17-16-26(42-5)18-35(27)43-6/h7-21,41H,22-24H2,1-6H3. The third-order valence-electron chi connectivity index (χ3n) is 9.63. The van der Waals surface area contributed by atoms with Crippen molar-refractivity contribution in [2.45, 2.75) is 52.4 Å². The summed E-state index contributed by atoms with van der Waals surface area (Å²) in [6.07, 6.45) is 3.24. The second-order valence-electron chi connectivity index (χ2n) is 14.2. The molecule has 1 fully saturated rings. The molecule has 4 heteroatoms. The van der Waals surface area contributed by atoms with Crippen LogP contribution in [0.5, 0.6) is 28.7 Å². The van der Waals surface area contributed by atoms with Gasteiger partial charge in [0.05, 0.1) is 14.2 Å². The Bertz CT molecular complexity index is 1880. The van der Waals surface area contributed by atoms with E-state index in [0.29, 0.717) is 17.2 Å². The van der Waals surface area contributed by atoms with Crippen molar-refractivity contribution in [3.05, 3.63) is 102 Å². The summed E-state index contributed by atoms with van der Waals surface area (Å²) in [6.45, 7) is 9.60. The van der Waals surface area contributed by atoms with Crippen LogP contribution in [-0.4, -0.2) is 19.3 Å². The fraction of sp³-hybridized carbons (Fsp3) is 0.300. The monoisotopic (exact) mass is 584 g/mol. The molecule has 0 radical (unpaired) electrons. The molecule has 0 saturated heterocycles. The molecule has 0 bridgehead atoms. The topological polar surface area (TPSA) is 47.9 Å². The Kier molecular flexibility index (Phi) is 6.47. The van der Waals surface area contributed by atoms with Gasteiger partial charge in [0.1, 0.15) is 28.7 Å². The highest BCUT2D eigenvalue weighted by atomic mass is 16.5. The van der Waals surface area contributed by atoms with Crippen LogP contribution in [0, 0.1) is 10.8 Å². The van der Waals surface area contributed by atoms with E-state index in [9.17, 15) is 5.11 Å². The van der Waals surface area contributed by atoms with Gasteiger partial charge in [-0.05, 0) is 100 Å². The minimum Gasteiger partial charge on any atom is -0.507 e. The number of aromatic hydroxyl groups is 1. The number of methoxy groups -OCH3 is 2. The summed E-state index contributed by atoms with van der Waals surface area (Å²) >= 11 is 0. The first-order valence-corrected chi connectivity index (χ1v) is 15.4. The summed E-state index contributed by atoms with van der Waals surface area (Å²) in [5, 5.41) is 13.6. The maximum absolute atomic E-state index is 11.9. The predicted molar refractivity (Wildman–Crippen MR) is 178 cm³/mol. The van der Waals surface area contributed by atoms with Crippen LogP contribution in [0.15, 0.2) is 91.0 Å². The second-order valence-corrected chi connectivity index (χ2v) is 14.2. The van der Waals surface area contributed by atoms with Crippen LogP contribution in [0.25, 0.3) is 33.0 Å². The summed E-state index contributed by atoms with van der Waals surface area (Å²) in [4.78, 5) is 0. The Morgan fingerprint density at radius 2 is 1.27 bits per heavy atom. The molecule has 5 aromatic carbocycles. The summed E-state index contributed by atoms with van der Waals surface area (Å²) in [5.41, 5.74) is 6.86. The van der Waals surface area contributed by atoms with Gasteiger partial charge in [-0.25, -0.2) is 0 Å². The lowest BCUT2D eigenvalue weighted by molar-refractivity contribution is 0.0645. The summed E-state index contributed by atoms with van der Waals surface area (Å²) in [6, 6.07) is 30.7. The van der Waals surface area contributed by atoms with Gasteiger partial charge < -0.3 is 19.3 Å². The van der Waals surface area contributed by atoms with E-state index in [-0.39, 0.29) is 22.0 Å². The number of hydrogen-bond acceptors (Lipinski definition) is 4. The molecule has 1 spiro atoms. The zero-order chi connectivity index (χ0) is 30.9. The number of rotatable bonds is 5. The first-order chi connectivity index (χ1) is 21.0. The van der Waals surface area contributed by atoms with Crippen LogP contribution in [0.2, 0.25) is 0 Å². The molecule has 2 aliphatic rings. The molecule has 0 aromatic heterocycles. The highest BCUT2D eigenvalue weighted by molar-refractivity contribution is 6.08. The normalized spacial score (nSPS) is 17.2. The summed E-state index contributed by atoms with van der Waals surface area (Å²) < 4.78 is 18.0. The summed E-state index contributed by atoms with van der Waals surface area (Å²) in [7, 11) is 3.30.